The minimum Gasteiger partial charge on any atom is -0.462 e. The van der Waals surface area contributed by atoms with E-state index in [2.05, 4.69) is 4.99 Å². The number of carbonyl (C=O) groups is 1. The van der Waals surface area contributed by atoms with Crippen molar-refractivity contribution in [2.75, 3.05) is 6.61 Å². The molecule has 0 spiro atoms. The van der Waals surface area contributed by atoms with Gasteiger partial charge in [-0.25, -0.2) is 9.79 Å². The predicted molar refractivity (Wildman–Crippen MR) is 71.0 cm³/mol. The van der Waals surface area contributed by atoms with Gasteiger partial charge >= 0.3 is 5.97 Å². The second kappa shape index (κ2) is 8.14. The van der Waals surface area contributed by atoms with Gasteiger partial charge < -0.3 is 10.5 Å². The fraction of sp³-hybridized carbons (Fsp3) is 0.455. The molecule has 0 saturated heterocycles. The number of hydrogen-bond acceptors (Lipinski definition) is 4. The van der Waals surface area contributed by atoms with Crippen LogP contribution in [-0.2, 0) is 9.53 Å². The van der Waals surface area contributed by atoms with Gasteiger partial charge in [-0.3, -0.25) is 0 Å². The van der Waals surface area contributed by atoms with Crippen molar-refractivity contribution in [2.45, 2.75) is 27.2 Å². The maximum Gasteiger partial charge on any atom is 0.340 e. The van der Waals surface area contributed by atoms with Gasteiger partial charge in [0.05, 0.1) is 17.9 Å². The molecule has 17 heavy (non-hydrogen) atoms. The van der Waals surface area contributed by atoms with Gasteiger partial charge in [0.25, 0.3) is 0 Å². The Morgan fingerprint density at radius 2 is 2.00 bits per heavy atom. The molecule has 2 N–H and O–H groups in total. The van der Waals surface area contributed by atoms with Crippen LogP contribution in [0.3, 0.4) is 0 Å². The number of aliphatic imine (C=N–C) groups is 1. The second-order valence-corrected chi connectivity index (χ2v) is 3.96. The molecule has 0 aromatic carbocycles. The summed E-state index contributed by atoms with van der Waals surface area (Å²) in [6.45, 7) is 5.41. The van der Waals surface area contributed by atoms with Crippen molar-refractivity contribution in [3.8, 4) is 0 Å². The summed E-state index contributed by atoms with van der Waals surface area (Å²) in [5, 5.41) is 0.211. The predicted octanol–water partition coefficient (Wildman–Crippen LogP) is 2.91. The Kier molecular flexibility index (Phi) is 7.66. The Morgan fingerprint density at radius 3 is 2.41 bits per heavy atom. The molecular weight excluding hydrogens is 263 g/mol. The normalized spacial score (nSPS) is 14.4. The number of halogens is 2. The molecule has 0 aliphatic carbocycles. The first-order chi connectivity index (χ1) is 7.93. The quantitative estimate of drug-likeness (QED) is 0.277. The minimum absolute atomic E-state index is 0.0229. The lowest BCUT2D eigenvalue weighted by molar-refractivity contribution is -0.138. The molecule has 0 rings (SSSR count). The van der Waals surface area contributed by atoms with Crippen molar-refractivity contribution in [2.24, 2.45) is 10.7 Å². The summed E-state index contributed by atoms with van der Waals surface area (Å²) < 4.78 is 4.87. The summed E-state index contributed by atoms with van der Waals surface area (Å²) >= 11 is 11.4. The van der Waals surface area contributed by atoms with Crippen molar-refractivity contribution in [1.82, 2.24) is 0 Å². The van der Waals surface area contributed by atoms with Crippen LogP contribution in [0.2, 0.25) is 0 Å². The first-order valence-electron chi connectivity index (χ1n) is 5.17. The summed E-state index contributed by atoms with van der Waals surface area (Å²) in [5.41, 5.74) is 6.01. The average Bonchev–Trinajstić information content (AvgIpc) is 2.24. The molecule has 0 aromatic rings. The Balaban J connectivity index is 5.29. The number of rotatable bonds is 5. The zero-order valence-corrected chi connectivity index (χ0v) is 11.6. The van der Waals surface area contributed by atoms with E-state index in [1.165, 1.54) is 0 Å². The van der Waals surface area contributed by atoms with Gasteiger partial charge in [0.2, 0.25) is 0 Å². The number of allylic oxidation sites excluding steroid dienone is 1. The lowest BCUT2D eigenvalue weighted by atomic mass is 10.1. The molecule has 0 aliphatic heterocycles. The number of hydrogen-bond donors (Lipinski definition) is 1. The summed E-state index contributed by atoms with van der Waals surface area (Å²) in [7, 11) is 0. The van der Waals surface area contributed by atoms with Crippen LogP contribution >= 0.6 is 23.2 Å². The van der Waals surface area contributed by atoms with Gasteiger partial charge in [-0.05, 0) is 20.3 Å². The minimum atomic E-state index is -0.521. The zero-order valence-electron chi connectivity index (χ0n) is 10.1. The largest absolute Gasteiger partial charge is 0.462 e. The third kappa shape index (κ3) is 5.75. The van der Waals surface area contributed by atoms with Crippen LogP contribution in [0.25, 0.3) is 0 Å². The standard InChI is InChI=1S/C11H16Cl2N2O2/c1-4-6-8(11(16)17-5-2)9(14)10(13)15-7(3)12/h6H,4-5,14H2,1-3H3/b8-6-,10-9+,15-7+. The Bertz CT molecular complexity index is 370. The van der Waals surface area contributed by atoms with E-state index >= 15 is 0 Å². The van der Waals surface area contributed by atoms with Crippen LogP contribution in [-0.4, -0.2) is 17.7 Å². The lowest BCUT2D eigenvalue weighted by Gasteiger charge is -2.07. The molecule has 0 aliphatic rings. The summed E-state index contributed by atoms with van der Waals surface area (Å²) in [6, 6.07) is 0. The van der Waals surface area contributed by atoms with Gasteiger partial charge in [-0.1, -0.05) is 36.2 Å². The monoisotopic (exact) mass is 278 g/mol. The van der Waals surface area contributed by atoms with Crippen molar-refractivity contribution in [3.05, 3.63) is 22.5 Å². The molecule has 0 saturated carbocycles. The van der Waals surface area contributed by atoms with Crippen molar-refractivity contribution in [3.63, 3.8) is 0 Å². The highest BCUT2D eigenvalue weighted by Crippen LogP contribution is 2.17. The third-order valence-corrected chi connectivity index (χ3v) is 2.04. The van der Waals surface area contributed by atoms with Gasteiger partial charge in [0, 0.05) is 0 Å². The fourth-order valence-corrected chi connectivity index (χ4v) is 1.38. The molecule has 4 nitrogen and oxygen atoms in total. The highest BCUT2D eigenvalue weighted by atomic mass is 35.5. The maximum atomic E-state index is 11.6. The molecular formula is C11H16Cl2N2O2. The molecule has 0 unspecified atom stereocenters. The zero-order chi connectivity index (χ0) is 13.4. The van der Waals surface area contributed by atoms with Crippen LogP contribution < -0.4 is 5.73 Å². The number of ether oxygens (including phenoxy) is 1. The first kappa shape index (κ1) is 16.0. The van der Waals surface area contributed by atoms with Crippen molar-refractivity contribution < 1.29 is 9.53 Å². The summed E-state index contributed by atoms with van der Waals surface area (Å²) in [4.78, 5) is 15.4. The first-order valence-corrected chi connectivity index (χ1v) is 5.93. The van der Waals surface area contributed by atoms with E-state index in [0.717, 1.165) is 0 Å². The van der Waals surface area contributed by atoms with E-state index in [1.807, 2.05) is 6.92 Å². The topological polar surface area (TPSA) is 64.7 Å². The molecule has 0 aromatic heterocycles. The number of esters is 1. The number of nitrogens with two attached hydrogens (primary N) is 1. The number of nitrogens with zero attached hydrogens (tertiary/aromatic N) is 1. The second-order valence-electron chi connectivity index (χ2n) is 3.06. The average molecular weight is 279 g/mol. The van der Waals surface area contributed by atoms with Crippen LogP contribution in [0.15, 0.2) is 27.5 Å². The number of carbonyl (C=O) groups excluding carboxylic acids is 1. The molecule has 6 heteroatoms. The van der Waals surface area contributed by atoms with Gasteiger partial charge in [0.15, 0.2) is 5.16 Å². The Morgan fingerprint density at radius 1 is 1.41 bits per heavy atom. The van der Waals surface area contributed by atoms with E-state index in [1.54, 1.807) is 19.9 Å². The lowest BCUT2D eigenvalue weighted by Crippen LogP contribution is -2.15. The van der Waals surface area contributed by atoms with Gasteiger partial charge in [0.1, 0.15) is 5.17 Å². The smallest absolute Gasteiger partial charge is 0.340 e. The Labute approximate surface area is 111 Å². The molecule has 0 fully saturated rings. The van der Waals surface area contributed by atoms with E-state index < -0.39 is 5.97 Å². The highest BCUT2D eigenvalue weighted by Gasteiger charge is 2.16. The van der Waals surface area contributed by atoms with Gasteiger partial charge in [-0.2, -0.15) is 0 Å². The van der Waals surface area contributed by atoms with Gasteiger partial charge in [-0.15, -0.1) is 0 Å². The SMILES string of the molecule is CC/C=C(C(=O)OCC)/C(N)=C(Cl)\N=C(/C)Cl. The van der Waals surface area contributed by atoms with Crippen LogP contribution in [0.4, 0.5) is 0 Å². The van der Waals surface area contributed by atoms with Crippen LogP contribution in [0.1, 0.15) is 27.2 Å². The maximum absolute atomic E-state index is 11.6. The van der Waals surface area contributed by atoms with E-state index in [-0.39, 0.29) is 28.2 Å². The van der Waals surface area contributed by atoms with Crippen molar-refractivity contribution >= 4 is 34.3 Å². The molecule has 0 radical (unpaired) electrons. The molecule has 96 valence electrons. The van der Waals surface area contributed by atoms with Crippen LogP contribution in [0, 0.1) is 0 Å². The third-order valence-electron chi connectivity index (χ3n) is 1.67. The van der Waals surface area contributed by atoms with E-state index in [0.29, 0.717) is 6.42 Å². The molecule has 0 bridgehead atoms. The molecule has 0 heterocycles. The summed E-state index contributed by atoms with van der Waals surface area (Å²) in [6.07, 6.45) is 2.26. The molecule has 0 atom stereocenters. The van der Waals surface area contributed by atoms with Crippen molar-refractivity contribution in [1.29, 1.82) is 0 Å². The Hall–Kier alpha value is -1.00. The van der Waals surface area contributed by atoms with E-state index in [9.17, 15) is 4.79 Å². The highest BCUT2D eigenvalue weighted by molar-refractivity contribution is 6.65. The molecule has 0 amide bonds. The van der Waals surface area contributed by atoms with Crippen LogP contribution in [0.5, 0.6) is 0 Å². The summed E-state index contributed by atoms with van der Waals surface area (Å²) in [5.74, 6) is -0.521. The van der Waals surface area contributed by atoms with E-state index in [4.69, 9.17) is 33.7 Å². The fourth-order valence-electron chi connectivity index (χ4n) is 1.02.